The van der Waals surface area contributed by atoms with Crippen molar-refractivity contribution in [3.8, 4) is 5.75 Å². The van der Waals surface area contributed by atoms with Crippen LogP contribution in [0.2, 0.25) is 0 Å². The van der Waals surface area contributed by atoms with E-state index in [2.05, 4.69) is 4.72 Å². The molecule has 19 heavy (non-hydrogen) atoms. The SMILES string of the molecule is COc1ccc(C)cc1S(=O)(=O)NCC(C)(O)CO. The second-order valence-corrected chi connectivity index (χ2v) is 6.37. The Balaban J connectivity index is 3.04. The predicted octanol–water partition coefficient (Wildman–Crippen LogP) is 0.0252. The number of nitrogens with one attached hydrogen (secondary N) is 1. The molecule has 6 nitrogen and oxygen atoms in total. The molecule has 0 heterocycles. The van der Waals surface area contributed by atoms with Crippen molar-refractivity contribution in [2.75, 3.05) is 20.3 Å². The zero-order valence-corrected chi connectivity index (χ0v) is 12.0. The summed E-state index contributed by atoms with van der Waals surface area (Å²) in [7, 11) is -2.43. The molecule has 0 radical (unpaired) electrons. The number of methoxy groups -OCH3 is 1. The molecule has 0 fully saturated rings. The van der Waals surface area contributed by atoms with Gasteiger partial charge in [-0.1, -0.05) is 6.07 Å². The number of hydrogen-bond donors (Lipinski definition) is 3. The Kier molecular flexibility index (Phi) is 4.92. The van der Waals surface area contributed by atoms with Crippen molar-refractivity contribution >= 4 is 10.0 Å². The summed E-state index contributed by atoms with van der Waals surface area (Å²) in [5.74, 6) is 0.224. The highest BCUT2D eigenvalue weighted by molar-refractivity contribution is 7.89. The Bertz CT molecular complexity index is 539. The lowest BCUT2D eigenvalue weighted by molar-refractivity contribution is 0.00680. The van der Waals surface area contributed by atoms with Crippen LogP contribution in [0.4, 0.5) is 0 Å². The Hall–Kier alpha value is -1.15. The monoisotopic (exact) mass is 289 g/mol. The van der Waals surface area contributed by atoms with E-state index in [9.17, 15) is 13.5 Å². The third kappa shape index (κ3) is 4.17. The van der Waals surface area contributed by atoms with Crippen molar-refractivity contribution in [3.05, 3.63) is 23.8 Å². The summed E-state index contributed by atoms with van der Waals surface area (Å²) in [6.45, 7) is 2.27. The molecule has 1 rings (SSSR count). The van der Waals surface area contributed by atoms with Gasteiger partial charge in [0, 0.05) is 6.54 Å². The first-order chi connectivity index (χ1) is 8.72. The summed E-state index contributed by atoms with van der Waals surface area (Å²) in [5.41, 5.74) is -0.737. The first kappa shape index (κ1) is 15.9. The first-order valence-corrected chi connectivity index (χ1v) is 7.18. The fourth-order valence-corrected chi connectivity index (χ4v) is 2.79. The lowest BCUT2D eigenvalue weighted by Gasteiger charge is -2.21. The van der Waals surface area contributed by atoms with E-state index >= 15 is 0 Å². The number of rotatable bonds is 6. The molecule has 1 aromatic rings. The van der Waals surface area contributed by atoms with Crippen molar-refractivity contribution in [2.24, 2.45) is 0 Å². The van der Waals surface area contributed by atoms with Crippen LogP contribution in [-0.2, 0) is 10.0 Å². The Morgan fingerprint density at radius 2 is 2.05 bits per heavy atom. The van der Waals surface area contributed by atoms with Crippen LogP contribution < -0.4 is 9.46 Å². The van der Waals surface area contributed by atoms with Gasteiger partial charge in [-0.25, -0.2) is 13.1 Å². The molecule has 0 aliphatic carbocycles. The number of sulfonamides is 1. The minimum atomic E-state index is -3.81. The predicted molar refractivity (Wildman–Crippen MR) is 70.6 cm³/mol. The number of hydrogen-bond acceptors (Lipinski definition) is 5. The van der Waals surface area contributed by atoms with E-state index in [1.54, 1.807) is 19.1 Å². The van der Waals surface area contributed by atoms with Crippen molar-refractivity contribution < 1.29 is 23.4 Å². The van der Waals surface area contributed by atoms with Crippen LogP contribution >= 0.6 is 0 Å². The van der Waals surface area contributed by atoms with E-state index in [1.807, 2.05) is 0 Å². The zero-order valence-electron chi connectivity index (χ0n) is 11.2. The van der Waals surface area contributed by atoms with Gasteiger partial charge in [0.2, 0.25) is 10.0 Å². The maximum Gasteiger partial charge on any atom is 0.244 e. The van der Waals surface area contributed by atoms with E-state index in [0.29, 0.717) is 0 Å². The summed E-state index contributed by atoms with van der Waals surface area (Å²) in [6.07, 6.45) is 0. The van der Waals surface area contributed by atoms with E-state index in [1.165, 1.54) is 20.1 Å². The zero-order chi connectivity index (χ0) is 14.7. The first-order valence-electron chi connectivity index (χ1n) is 5.69. The number of aliphatic hydroxyl groups is 2. The molecule has 3 N–H and O–H groups in total. The second kappa shape index (κ2) is 5.87. The quantitative estimate of drug-likeness (QED) is 0.686. The highest BCUT2D eigenvalue weighted by Crippen LogP contribution is 2.24. The molecule has 0 aromatic heterocycles. The van der Waals surface area contributed by atoms with Crippen molar-refractivity contribution in [1.29, 1.82) is 0 Å². The van der Waals surface area contributed by atoms with Crippen molar-refractivity contribution in [2.45, 2.75) is 24.3 Å². The highest BCUT2D eigenvalue weighted by atomic mass is 32.2. The van der Waals surface area contributed by atoms with Gasteiger partial charge >= 0.3 is 0 Å². The molecule has 0 aliphatic heterocycles. The number of benzene rings is 1. The van der Waals surface area contributed by atoms with Crippen LogP contribution in [0.3, 0.4) is 0 Å². The molecule has 0 amide bonds. The van der Waals surface area contributed by atoms with Gasteiger partial charge in [-0.3, -0.25) is 0 Å². The van der Waals surface area contributed by atoms with E-state index in [-0.39, 0.29) is 17.2 Å². The molecular weight excluding hydrogens is 270 g/mol. The molecule has 1 atom stereocenters. The highest BCUT2D eigenvalue weighted by Gasteiger charge is 2.25. The summed E-state index contributed by atoms with van der Waals surface area (Å²) in [5, 5.41) is 18.5. The maximum absolute atomic E-state index is 12.1. The van der Waals surface area contributed by atoms with Gasteiger partial charge in [-0.05, 0) is 31.5 Å². The van der Waals surface area contributed by atoms with Crippen molar-refractivity contribution in [3.63, 3.8) is 0 Å². The van der Waals surface area contributed by atoms with E-state index in [4.69, 9.17) is 9.84 Å². The van der Waals surface area contributed by atoms with E-state index in [0.717, 1.165) is 5.56 Å². The van der Waals surface area contributed by atoms with Gasteiger partial charge in [0.1, 0.15) is 10.6 Å². The van der Waals surface area contributed by atoms with Gasteiger partial charge in [-0.2, -0.15) is 0 Å². The van der Waals surface area contributed by atoms with Crippen LogP contribution in [-0.4, -0.2) is 44.5 Å². The van der Waals surface area contributed by atoms with Crippen LogP contribution in [0.25, 0.3) is 0 Å². The number of aliphatic hydroxyl groups excluding tert-OH is 1. The van der Waals surface area contributed by atoms with Gasteiger partial charge in [0.05, 0.1) is 19.3 Å². The minimum absolute atomic E-state index is 0.00346. The average molecular weight is 289 g/mol. The minimum Gasteiger partial charge on any atom is -0.495 e. The maximum atomic E-state index is 12.1. The molecule has 0 aliphatic rings. The molecule has 1 unspecified atom stereocenters. The largest absolute Gasteiger partial charge is 0.495 e. The normalized spacial score (nSPS) is 15.0. The average Bonchev–Trinajstić information content (AvgIpc) is 2.37. The molecule has 0 spiro atoms. The van der Waals surface area contributed by atoms with Gasteiger partial charge in [0.15, 0.2) is 0 Å². The molecule has 0 saturated heterocycles. The number of aryl methyl sites for hydroxylation is 1. The summed E-state index contributed by atoms with van der Waals surface area (Å²) in [4.78, 5) is 0.00346. The topological polar surface area (TPSA) is 95.9 Å². The van der Waals surface area contributed by atoms with Crippen molar-refractivity contribution in [1.82, 2.24) is 4.72 Å². The standard InChI is InChI=1S/C12H19NO5S/c1-9-4-5-10(18-3)11(6-9)19(16,17)13-7-12(2,15)8-14/h4-6,13-15H,7-8H2,1-3H3. The Morgan fingerprint density at radius 1 is 1.42 bits per heavy atom. The smallest absolute Gasteiger partial charge is 0.244 e. The third-order valence-corrected chi connectivity index (χ3v) is 4.01. The molecular formula is C12H19NO5S. The fourth-order valence-electron chi connectivity index (χ4n) is 1.38. The Labute approximate surface area is 113 Å². The van der Waals surface area contributed by atoms with Crippen LogP contribution in [0.15, 0.2) is 23.1 Å². The van der Waals surface area contributed by atoms with Gasteiger partial charge < -0.3 is 14.9 Å². The van der Waals surface area contributed by atoms with Gasteiger partial charge in [0.25, 0.3) is 0 Å². The molecule has 7 heteroatoms. The lowest BCUT2D eigenvalue weighted by atomic mass is 10.1. The second-order valence-electron chi connectivity index (χ2n) is 4.63. The van der Waals surface area contributed by atoms with E-state index < -0.39 is 22.2 Å². The van der Waals surface area contributed by atoms with Crippen LogP contribution in [0.1, 0.15) is 12.5 Å². The summed E-state index contributed by atoms with van der Waals surface area (Å²) < 4.78 is 31.6. The molecule has 1 aromatic carbocycles. The third-order valence-electron chi connectivity index (χ3n) is 2.59. The summed E-state index contributed by atoms with van der Waals surface area (Å²) >= 11 is 0. The molecule has 108 valence electrons. The van der Waals surface area contributed by atoms with Crippen LogP contribution in [0.5, 0.6) is 5.75 Å². The molecule has 0 bridgehead atoms. The van der Waals surface area contributed by atoms with Gasteiger partial charge in [-0.15, -0.1) is 0 Å². The summed E-state index contributed by atoms with van der Waals surface area (Å²) in [6, 6.07) is 4.78. The fraction of sp³-hybridized carbons (Fsp3) is 0.500. The molecule has 0 saturated carbocycles. The number of ether oxygens (including phenoxy) is 1. The Morgan fingerprint density at radius 3 is 2.58 bits per heavy atom. The lowest BCUT2D eigenvalue weighted by Crippen LogP contribution is -2.43. The van der Waals surface area contributed by atoms with Crippen LogP contribution in [0, 0.1) is 6.92 Å².